The van der Waals surface area contributed by atoms with Gasteiger partial charge in [-0.15, -0.1) is 0 Å². The van der Waals surface area contributed by atoms with Crippen molar-refractivity contribution in [3.8, 4) is 0 Å². The van der Waals surface area contributed by atoms with E-state index in [-0.39, 0.29) is 0 Å². The number of unbranched alkanes of at least 4 members (excludes halogenated alkanes) is 9. The molecule has 2 N–H and O–H groups in total. The maximum atomic E-state index is 3.97. The van der Waals surface area contributed by atoms with Gasteiger partial charge in [-0.3, -0.25) is 0 Å². The highest BCUT2D eigenvalue weighted by Gasteiger charge is 2.61. The summed E-state index contributed by atoms with van der Waals surface area (Å²) in [6, 6.07) is 1.55. The summed E-state index contributed by atoms with van der Waals surface area (Å²) in [5.41, 5.74) is 2.18. The number of rotatable bonds is 15. The lowest BCUT2D eigenvalue weighted by Crippen LogP contribution is -2.44. The largest absolute Gasteiger partial charge is 0.313 e. The molecule has 2 heteroatoms. The van der Waals surface area contributed by atoms with Gasteiger partial charge in [0.25, 0.3) is 0 Å². The summed E-state index contributed by atoms with van der Waals surface area (Å²) in [7, 11) is 0. The zero-order valence-electron chi connectivity index (χ0n) is 24.0. The molecule has 4 saturated carbocycles. The molecular weight excluding hydrogens is 412 g/mol. The third kappa shape index (κ3) is 4.90. The molecule has 0 aromatic carbocycles. The highest BCUT2D eigenvalue weighted by Crippen LogP contribution is 2.66. The number of hydrogen-bond donors (Lipinski definition) is 2. The predicted molar refractivity (Wildman–Crippen MR) is 148 cm³/mol. The molecule has 0 amide bonds. The summed E-state index contributed by atoms with van der Waals surface area (Å²) in [6.45, 7) is 17.7. The maximum absolute atomic E-state index is 3.97. The lowest BCUT2D eigenvalue weighted by molar-refractivity contribution is 0.121. The van der Waals surface area contributed by atoms with E-state index < -0.39 is 0 Å². The van der Waals surface area contributed by atoms with Gasteiger partial charge < -0.3 is 10.6 Å². The fourth-order valence-electron chi connectivity index (χ4n) is 9.24. The summed E-state index contributed by atoms with van der Waals surface area (Å²) in [5.74, 6) is 1.93. The van der Waals surface area contributed by atoms with Crippen LogP contribution in [0, 0.1) is 33.5 Å². The minimum absolute atomic E-state index is 0.541. The predicted octanol–water partition coefficient (Wildman–Crippen LogP) is 8.50. The molecule has 0 aromatic heterocycles. The first-order chi connectivity index (χ1) is 16.1. The Bertz CT molecular complexity index is 597. The number of hydrogen-bond acceptors (Lipinski definition) is 2. The summed E-state index contributed by atoms with van der Waals surface area (Å²) in [5, 5.41) is 7.94. The standard InChI is InChI=1S/C32H60N2/c1-29(2)25-17-19-31(29,5)27(23-25)33-21-15-13-11-9-7-8-10-12-14-16-22-34-28-24-26-18-20-32(28,6)30(26,3)4/h25-28,33-34H,7-24H2,1-6H3/t25-,26-,27-,28-,31+,32+/m1/s1. The molecule has 0 heterocycles. The maximum Gasteiger partial charge on any atom is 0.0129 e. The van der Waals surface area contributed by atoms with Crippen LogP contribution in [0.3, 0.4) is 0 Å². The van der Waals surface area contributed by atoms with E-state index in [4.69, 9.17) is 0 Å². The van der Waals surface area contributed by atoms with Crippen molar-refractivity contribution in [1.29, 1.82) is 0 Å². The van der Waals surface area contributed by atoms with Crippen molar-refractivity contribution in [2.75, 3.05) is 13.1 Å². The molecule has 0 saturated heterocycles. The molecule has 34 heavy (non-hydrogen) atoms. The molecule has 4 rings (SSSR count). The fraction of sp³-hybridized carbons (Fsp3) is 1.00. The van der Waals surface area contributed by atoms with E-state index in [9.17, 15) is 0 Å². The van der Waals surface area contributed by atoms with Crippen LogP contribution < -0.4 is 10.6 Å². The zero-order valence-corrected chi connectivity index (χ0v) is 24.0. The van der Waals surface area contributed by atoms with Crippen LogP contribution in [0.4, 0.5) is 0 Å². The summed E-state index contributed by atoms with van der Waals surface area (Å²) in [4.78, 5) is 0. The smallest absolute Gasteiger partial charge is 0.0129 e. The molecule has 0 radical (unpaired) electrons. The van der Waals surface area contributed by atoms with Crippen LogP contribution in [0.15, 0.2) is 0 Å². The van der Waals surface area contributed by atoms with Crippen molar-refractivity contribution in [2.24, 2.45) is 33.5 Å². The van der Waals surface area contributed by atoms with Crippen LogP contribution in [-0.4, -0.2) is 25.2 Å². The molecule has 0 spiro atoms. The second kappa shape index (κ2) is 10.7. The first-order valence-corrected chi connectivity index (χ1v) is 15.6. The Kier molecular flexibility index (Phi) is 8.51. The quantitative estimate of drug-likeness (QED) is 0.233. The van der Waals surface area contributed by atoms with Gasteiger partial charge in [-0.1, -0.05) is 92.9 Å². The Balaban J connectivity index is 0.927. The van der Waals surface area contributed by atoms with Crippen molar-refractivity contribution in [1.82, 2.24) is 10.6 Å². The first-order valence-electron chi connectivity index (χ1n) is 15.6. The van der Waals surface area contributed by atoms with Crippen LogP contribution in [0.25, 0.3) is 0 Å². The lowest BCUT2D eigenvalue weighted by atomic mass is 9.69. The number of fused-ring (bicyclic) bond motifs is 4. The third-order valence-electron chi connectivity index (χ3n) is 13.0. The highest BCUT2D eigenvalue weighted by atomic mass is 15.0. The van der Waals surface area contributed by atoms with Crippen molar-refractivity contribution in [3.05, 3.63) is 0 Å². The minimum atomic E-state index is 0.541. The van der Waals surface area contributed by atoms with E-state index in [1.165, 1.54) is 116 Å². The van der Waals surface area contributed by atoms with Gasteiger partial charge in [-0.25, -0.2) is 0 Å². The molecule has 6 atom stereocenters. The average molecular weight is 473 g/mol. The Morgan fingerprint density at radius 1 is 0.500 bits per heavy atom. The van der Waals surface area contributed by atoms with Crippen LogP contribution in [-0.2, 0) is 0 Å². The number of nitrogens with one attached hydrogen (secondary N) is 2. The summed E-state index contributed by atoms with van der Waals surface area (Å²) >= 11 is 0. The molecule has 0 aliphatic heterocycles. The van der Waals surface area contributed by atoms with Crippen molar-refractivity contribution in [3.63, 3.8) is 0 Å². The van der Waals surface area contributed by atoms with E-state index in [0.717, 1.165) is 23.9 Å². The van der Waals surface area contributed by atoms with Gasteiger partial charge >= 0.3 is 0 Å². The molecule has 4 bridgehead atoms. The molecule has 0 aromatic rings. The SMILES string of the molecule is CC1(C)[C@@H]2CC[C@@]1(C)[C@H](NCCCCCCCCCCCCN[C@@H]1C[C@H]3CC[C@]1(C)C3(C)C)C2. The van der Waals surface area contributed by atoms with Gasteiger partial charge in [0.15, 0.2) is 0 Å². The zero-order chi connectivity index (χ0) is 24.5. The topological polar surface area (TPSA) is 24.1 Å². The van der Waals surface area contributed by atoms with Gasteiger partial charge in [-0.2, -0.15) is 0 Å². The molecule has 4 aliphatic rings. The molecule has 198 valence electrons. The lowest BCUT2D eigenvalue weighted by Gasteiger charge is -2.39. The third-order valence-corrected chi connectivity index (χ3v) is 13.0. The fourth-order valence-corrected chi connectivity index (χ4v) is 9.24. The Morgan fingerprint density at radius 2 is 0.824 bits per heavy atom. The Morgan fingerprint density at radius 3 is 1.09 bits per heavy atom. The van der Waals surface area contributed by atoms with Crippen molar-refractivity contribution < 1.29 is 0 Å². The van der Waals surface area contributed by atoms with Gasteiger partial charge in [0, 0.05) is 12.1 Å². The van der Waals surface area contributed by atoms with E-state index in [1.54, 1.807) is 0 Å². The summed E-state index contributed by atoms with van der Waals surface area (Å²) < 4.78 is 0. The second-order valence-electron chi connectivity index (χ2n) is 14.8. The van der Waals surface area contributed by atoms with E-state index >= 15 is 0 Å². The Labute approximate surface area is 213 Å². The van der Waals surface area contributed by atoms with Crippen LogP contribution in [0.5, 0.6) is 0 Å². The molecule has 0 unspecified atom stereocenters. The minimum Gasteiger partial charge on any atom is -0.313 e. The molecular formula is C32H60N2. The van der Waals surface area contributed by atoms with E-state index in [0.29, 0.717) is 21.7 Å². The van der Waals surface area contributed by atoms with Crippen molar-refractivity contribution >= 4 is 0 Å². The van der Waals surface area contributed by atoms with E-state index in [1.807, 2.05) is 0 Å². The van der Waals surface area contributed by atoms with Gasteiger partial charge in [-0.05, 0) is 98.0 Å². The summed E-state index contributed by atoms with van der Waals surface area (Å²) in [6.07, 6.45) is 23.0. The molecule has 4 aliphatic carbocycles. The first kappa shape index (κ1) is 27.0. The Hall–Kier alpha value is -0.0800. The highest BCUT2D eigenvalue weighted by molar-refractivity contribution is 5.13. The van der Waals surface area contributed by atoms with Gasteiger partial charge in [0.2, 0.25) is 0 Å². The van der Waals surface area contributed by atoms with Gasteiger partial charge in [0.05, 0.1) is 0 Å². The van der Waals surface area contributed by atoms with Crippen LogP contribution >= 0.6 is 0 Å². The van der Waals surface area contributed by atoms with Crippen LogP contribution in [0.2, 0.25) is 0 Å². The average Bonchev–Trinajstić information content (AvgIpc) is 3.31. The van der Waals surface area contributed by atoms with Crippen molar-refractivity contribution in [2.45, 2.75) is 156 Å². The normalized spacial score (nSPS) is 39.4. The van der Waals surface area contributed by atoms with Crippen LogP contribution in [0.1, 0.15) is 144 Å². The van der Waals surface area contributed by atoms with E-state index in [2.05, 4.69) is 52.2 Å². The molecule has 4 fully saturated rings. The van der Waals surface area contributed by atoms with Gasteiger partial charge in [0.1, 0.15) is 0 Å². The molecule has 2 nitrogen and oxygen atoms in total. The second-order valence-corrected chi connectivity index (χ2v) is 14.8. The monoisotopic (exact) mass is 472 g/mol.